The highest BCUT2D eigenvalue weighted by Crippen LogP contribution is 2.22. The summed E-state index contributed by atoms with van der Waals surface area (Å²) in [6.07, 6.45) is 0.384. The molecule has 1 amide bonds. The molecule has 5 heteroatoms. The van der Waals surface area contributed by atoms with Gasteiger partial charge in [0.25, 0.3) is 5.91 Å². The molecule has 0 fully saturated rings. The molecule has 3 aromatic rings. The molecule has 26 heavy (non-hydrogen) atoms. The predicted molar refractivity (Wildman–Crippen MR) is 101 cm³/mol. The first-order valence-electron chi connectivity index (χ1n) is 9.08. The molecule has 1 aromatic heterocycles. The Bertz CT molecular complexity index is 947. The van der Waals surface area contributed by atoms with Gasteiger partial charge in [-0.15, -0.1) is 0 Å². The van der Waals surface area contributed by atoms with Crippen LogP contribution in [0.25, 0.3) is 10.8 Å². The summed E-state index contributed by atoms with van der Waals surface area (Å²) in [6, 6.07) is 16.1. The van der Waals surface area contributed by atoms with Gasteiger partial charge < -0.3 is 9.64 Å². The van der Waals surface area contributed by atoms with Gasteiger partial charge in [-0.25, -0.2) is 0 Å². The van der Waals surface area contributed by atoms with Gasteiger partial charge in [0.2, 0.25) is 0 Å². The molecule has 0 radical (unpaired) electrons. The molecule has 4 rings (SSSR count). The van der Waals surface area contributed by atoms with E-state index in [0.29, 0.717) is 6.54 Å². The third kappa shape index (κ3) is 3.29. The predicted octanol–water partition coefficient (Wildman–Crippen LogP) is 3.54. The zero-order valence-corrected chi connectivity index (χ0v) is 15.2. The second-order valence-electron chi connectivity index (χ2n) is 6.88. The van der Waals surface area contributed by atoms with Gasteiger partial charge in [0, 0.05) is 13.1 Å². The van der Waals surface area contributed by atoms with Gasteiger partial charge in [0.15, 0.2) is 6.10 Å². The fraction of sp³-hybridized carbons (Fsp3) is 0.333. The molecule has 134 valence electrons. The topological polar surface area (TPSA) is 47.4 Å². The Morgan fingerprint density at radius 1 is 1.12 bits per heavy atom. The van der Waals surface area contributed by atoms with E-state index in [1.54, 1.807) is 0 Å². The van der Waals surface area contributed by atoms with Gasteiger partial charge >= 0.3 is 0 Å². The van der Waals surface area contributed by atoms with Crippen molar-refractivity contribution in [2.24, 2.45) is 0 Å². The van der Waals surface area contributed by atoms with Crippen molar-refractivity contribution < 1.29 is 9.53 Å². The van der Waals surface area contributed by atoms with Crippen LogP contribution in [0.15, 0.2) is 48.5 Å². The van der Waals surface area contributed by atoms with Crippen molar-refractivity contribution in [1.29, 1.82) is 0 Å². The number of aromatic nitrogens is 2. The summed E-state index contributed by atoms with van der Waals surface area (Å²) in [5.74, 6) is 0.741. The Morgan fingerprint density at radius 2 is 1.92 bits per heavy atom. The Kier molecular flexibility index (Phi) is 4.37. The van der Waals surface area contributed by atoms with E-state index in [2.05, 4.69) is 17.2 Å². The Balaban J connectivity index is 1.48. The average molecular weight is 349 g/mol. The number of hydrogen-bond acceptors (Lipinski definition) is 3. The normalized spacial score (nSPS) is 15.4. The van der Waals surface area contributed by atoms with Gasteiger partial charge in [-0.1, -0.05) is 30.3 Å². The van der Waals surface area contributed by atoms with Crippen LogP contribution in [0.3, 0.4) is 0 Å². The Hall–Kier alpha value is -2.82. The molecule has 1 aliphatic heterocycles. The third-order valence-corrected chi connectivity index (χ3v) is 4.83. The van der Waals surface area contributed by atoms with Crippen LogP contribution in [0.2, 0.25) is 0 Å². The van der Waals surface area contributed by atoms with Crippen molar-refractivity contribution in [2.45, 2.75) is 39.5 Å². The lowest BCUT2D eigenvalue weighted by atomic mass is 10.1. The van der Waals surface area contributed by atoms with Crippen molar-refractivity contribution in [3.8, 4) is 5.75 Å². The van der Waals surface area contributed by atoms with Crippen LogP contribution < -0.4 is 4.74 Å². The smallest absolute Gasteiger partial charge is 0.263 e. The maximum Gasteiger partial charge on any atom is 0.263 e. The van der Waals surface area contributed by atoms with E-state index in [9.17, 15) is 4.79 Å². The zero-order chi connectivity index (χ0) is 18.1. The number of rotatable bonds is 3. The first-order valence-corrected chi connectivity index (χ1v) is 9.08. The van der Waals surface area contributed by atoms with E-state index in [1.807, 2.05) is 59.8 Å². The standard InChI is InChI=1S/C21H23N3O2/c1-15-12-19-14-23(10-5-11-24(19)22-15)21(25)16(2)26-20-9-8-17-6-3-4-7-18(17)13-20/h3-4,6-9,12-13,16H,5,10-11,14H2,1-2H3/t16-/m1/s1. The molecule has 2 heterocycles. The number of aryl methyl sites for hydroxylation is 2. The summed E-state index contributed by atoms with van der Waals surface area (Å²) in [5, 5.41) is 6.77. The molecule has 1 aliphatic rings. The number of fused-ring (bicyclic) bond motifs is 2. The van der Waals surface area contributed by atoms with E-state index in [-0.39, 0.29) is 5.91 Å². The number of benzene rings is 2. The van der Waals surface area contributed by atoms with Crippen molar-refractivity contribution in [3.05, 3.63) is 59.9 Å². The average Bonchev–Trinajstić information content (AvgIpc) is 2.87. The number of amides is 1. The first-order chi connectivity index (χ1) is 12.6. The van der Waals surface area contributed by atoms with Gasteiger partial charge in [-0.2, -0.15) is 5.10 Å². The second kappa shape index (κ2) is 6.83. The highest BCUT2D eigenvalue weighted by molar-refractivity contribution is 5.84. The molecule has 0 bridgehead atoms. The summed E-state index contributed by atoms with van der Waals surface area (Å²) in [4.78, 5) is 14.8. The molecule has 0 saturated carbocycles. The fourth-order valence-corrected chi connectivity index (χ4v) is 3.55. The molecule has 0 unspecified atom stereocenters. The minimum atomic E-state index is -0.522. The molecule has 0 aliphatic carbocycles. The fourth-order valence-electron chi connectivity index (χ4n) is 3.55. The molecular formula is C21H23N3O2. The van der Waals surface area contributed by atoms with Crippen molar-refractivity contribution in [3.63, 3.8) is 0 Å². The van der Waals surface area contributed by atoms with Crippen LogP contribution in [0.1, 0.15) is 24.7 Å². The van der Waals surface area contributed by atoms with E-state index in [4.69, 9.17) is 4.74 Å². The Morgan fingerprint density at radius 3 is 2.77 bits per heavy atom. The zero-order valence-electron chi connectivity index (χ0n) is 15.2. The lowest BCUT2D eigenvalue weighted by Gasteiger charge is -2.24. The summed E-state index contributed by atoms with van der Waals surface area (Å²) in [6.45, 7) is 5.98. The molecule has 1 atom stereocenters. The lowest BCUT2D eigenvalue weighted by Crippen LogP contribution is -2.40. The molecule has 0 spiro atoms. The number of carbonyl (C=O) groups is 1. The number of carbonyl (C=O) groups excluding carboxylic acids is 1. The minimum absolute atomic E-state index is 0.0189. The summed E-state index contributed by atoms with van der Waals surface area (Å²) in [7, 11) is 0. The molecule has 2 aromatic carbocycles. The van der Waals surface area contributed by atoms with Crippen LogP contribution in [0, 0.1) is 6.92 Å². The monoisotopic (exact) mass is 349 g/mol. The summed E-state index contributed by atoms with van der Waals surface area (Å²) in [5.41, 5.74) is 2.08. The number of ether oxygens (including phenoxy) is 1. The second-order valence-corrected chi connectivity index (χ2v) is 6.88. The lowest BCUT2D eigenvalue weighted by molar-refractivity contribution is -0.138. The SMILES string of the molecule is Cc1cc2n(n1)CCCN(C(=O)[C@@H](C)Oc1ccc3ccccc3c1)C2. The van der Waals surface area contributed by atoms with Gasteiger partial charge in [0.05, 0.1) is 17.9 Å². The Labute approximate surface area is 153 Å². The van der Waals surface area contributed by atoms with E-state index >= 15 is 0 Å². The highest BCUT2D eigenvalue weighted by Gasteiger charge is 2.25. The minimum Gasteiger partial charge on any atom is -0.481 e. The maximum absolute atomic E-state index is 12.9. The van der Waals surface area contributed by atoms with Crippen LogP contribution in [0.5, 0.6) is 5.75 Å². The summed E-state index contributed by atoms with van der Waals surface area (Å²) >= 11 is 0. The van der Waals surface area contributed by atoms with Crippen LogP contribution >= 0.6 is 0 Å². The molecular weight excluding hydrogens is 326 g/mol. The van der Waals surface area contributed by atoms with Crippen molar-refractivity contribution in [1.82, 2.24) is 14.7 Å². The van der Waals surface area contributed by atoms with Crippen LogP contribution in [0.4, 0.5) is 0 Å². The van der Waals surface area contributed by atoms with E-state index < -0.39 is 6.10 Å². The van der Waals surface area contributed by atoms with Gasteiger partial charge in [-0.3, -0.25) is 9.48 Å². The highest BCUT2D eigenvalue weighted by atomic mass is 16.5. The van der Waals surface area contributed by atoms with E-state index in [0.717, 1.165) is 47.4 Å². The quantitative estimate of drug-likeness (QED) is 0.726. The number of nitrogens with zero attached hydrogens (tertiary/aromatic N) is 3. The molecule has 5 nitrogen and oxygen atoms in total. The first kappa shape index (κ1) is 16.6. The third-order valence-electron chi connectivity index (χ3n) is 4.83. The van der Waals surface area contributed by atoms with Crippen molar-refractivity contribution >= 4 is 16.7 Å². The van der Waals surface area contributed by atoms with Crippen molar-refractivity contribution in [2.75, 3.05) is 6.54 Å². The molecule has 0 saturated heterocycles. The number of hydrogen-bond donors (Lipinski definition) is 0. The van der Waals surface area contributed by atoms with Crippen LogP contribution in [-0.4, -0.2) is 33.2 Å². The molecule has 0 N–H and O–H groups in total. The maximum atomic E-state index is 12.9. The largest absolute Gasteiger partial charge is 0.481 e. The summed E-state index contributed by atoms with van der Waals surface area (Å²) < 4.78 is 7.97. The van der Waals surface area contributed by atoms with Crippen LogP contribution in [-0.2, 0) is 17.9 Å². The van der Waals surface area contributed by atoms with Gasteiger partial charge in [-0.05, 0) is 49.2 Å². The van der Waals surface area contributed by atoms with E-state index in [1.165, 1.54) is 0 Å². The van der Waals surface area contributed by atoms with Gasteiger partial charge in [0.1, 0.15) is 5.75 Å².